The zero-order chi connectivity index (χ0) is 21.7. The number of hydrogen-bond donors (Lipinski definition) is 0. The number of halogens is 2. The molecule has 2 aromatic carbocycles. The fourth-order valence-corrected chi connectivity index (χ4v) is 5.02. The van der Waals surface area contributed by atoms with Gasteiger partial charge in [0.25, 0.3) is 0 Å². The number of carbonyl (C=O) groups is 1. The van der Waals surface area contributed by atoms with Crippen molar-refractivity contribution in [1.82, 2.24) is 4.90 Å². The first-order valence-corrected chi connectivity index (χ1v) is 10.8. The molecule has 1 unspecified atom stereocenters. The zero-order valence-electron chi connectivity index (χ0n) is 17.7. The second kappa shape index (κ2) is 7.45. The first-order valence-electron chi connectivity index (χ1n) is 10.0. The highest BCUT2D eigenvalue weighted by Gasteiger charge is 2.50. The highest BCUT2D eigenvalue weighted by atomic mass is 79.9. The Bertz CT molecular complexity index is 991. The average molecular weight is 477 g/mol. The van der Waals surface area contributed by atoms with E-state index in [9.17, 15) is 9.18 Å². The second-order valence-electron chi connectivity index (χ2n) is 8.88. The van der Waals surface area contributed by atoms with Gasteiger partial charge in [0.2, 0.25) is 0 Å². The van der Waals surface area contributed by atoms with Gasteiger partial charge in [-0.2, -0.15) is 0 Å². The lowest BCUT2D eigenvalue weighted by Crippen LogP contribution is -2.60. The van der Waals surface area contributed by atoms with E-state index in [0.717, 1.165) is 27.0 Å². The number of fused-ring (bicyclic) bond motifs is 3. The first-order chi connectivity index (χ1) is 14.1. The molecule has 5 nitrogen and oxygen atoms in total. The maximum atomic E-state index is 14.3. The molecule has 0 aliphatic carbocycles. The smallest absolute Gasteiger partial charge is 0.410 e. The fourth-order valence-electron chi connectivity index (χ4n) is 4.46. The van der Waals surface area contributed by atoms with Gasteiger partial charge in [-0.15, -0.1) is 0 Å². The van der Waals surface area contributed by atoms with Gasteiger partial charge in [0.15, 0.2) is 0 Å². The van der Waals surface area contributed by atoms with Crippen LogP contribution in [0.4, 0.5) is 14.9 Å². The van der Waals surface area contributed by atoms with Crippen LogP contribution in [0.3, 0.4) is 0 Å². The Kier molecular flexibility index (Phi) is 5.21. The Labute approximate surface area is 184 Å². The van der Waals surface area contributed by atoms with E-state index in [1.54, 1.807) is 18.1 Å². The minimum absolute atomic E-state index is 0.281. The highest BCUT2D eigenvalue weighted by molar-refractivity contribution is 9.10. The summed E-state index contributed by atoms with van der Waals surface area (Å²) in [6.07, 6.45) is 0.320. The molecular formula is C23H26BrFN2O3. The molecule has 0 radical (unpaired) electrons. The topological polar surface area (TPSA) is 42.0 Å². The van der Waals surface area contributed by atoms with Crippen LogP contribution in [0.15, 0.2) is 40.9 Å². The molecule has 1 saturated heterocycles. The maximum Gasteiger partial charge on any atom is 0.410 e. The number of hydrogen-bond acceptors (Lipinski definition) is 4. The van der Waals surface area contributed by atoms with Gasteiger partial charge in [0.1, 0.15) is 17.2 Å². The van der Waals surface area contributed by atoms with Crippen LogP contribution in [-0.2, 0) is 16.7 Å². The number of amides is 1. The number of rotatable bonds is 2. The van der Waals surface area contributed by atoms with Crippen LogP contribution in [0.5, 0.6) is 5.75 Å². The summed E-state index contributed by atoms with van der Waals surface area (Å²) in [7, 11) is 1.64. The summed E-state index contributed by atoms with van der Waals surface area (Å²) in [5, 5.41) is 0. The molecule has 30 heavy (non-hydrogen) atoms. The number of benzene rings is 2. The van der Waals surface area contributed by atoms with Crippen LogP contribution in [0, 0.1) is 5.82 Å². The summed E-state index contributed by atoms with van der Waals surface area (Å²) in [5.74, 6) is 0.467. The zero-order valence-corrected chi connectivity index (χ0v) is 19.3. The summed E-state index contributed by atoms with van der Waals surface area (Å²) < 4.78 is 26.1. The normalized spacial score (nSPS) is 20.6. The summed E-state index contributed by atoms with van der Waals surface area (Å²) in [5.41, 5.74) is 1.85. The third-order valence-corrected chi connectivity index (χ3v) is 6.43. The van der Waals surface area contributed by atoms with Crippen molar-refractivity contribution in [1.29, 1.82) is 0 Å². The minimum Gasteiger partial charge on any atom is -0.497 e. The Morgan fingerprint density at radius 3 is 2.67 bits per heavy atom. The highest BCUT2D eigenvalue weighted by Crippen LogP contribution is 2.50. The molecule has 0 saturated carbocycles. The van der Waals surface area contributed by atoms with Crippen molar-refractivity contribution < 1.29 is 18.7 Å². The molecule has 0 aromatic heterocycles. The average Bonchev–Trinajstić information content (AvgIpc) is 3.02. The fraction of sp³-hybridized carbons (Fsp3) is 0.435. The molecule has 1 atom stereocenters. The van der Waals surface area contributed by atoms with E-state index in [4.69, 9.17) is 9.47 Å². The van der Waals surface area contributed by atoms with E-state index in [-0.39, 0.29) is 11.9 Å². The standard InChI is InChI=1S/C23H26BrFN2O3/c1-22(2,3)30-21(28)26-8-9-27-20-12-16(25)11-19(24)18(20)13-23(27,14-26)15-6-5-7-17(10-15)29-4/h5-7,10-12H,8-9,13-14H2,1-4H3. The lowest BCUT2D eigenvalue weighted by molar-refractivity contribution is 0.0164. The number of anilines is 1. The number of methoxy groups -OCH3 is 1. The van der Waals surface area contributed by atoms with Crippen molar-refractivity contribution in [3.63, 3.8) is 0 Å². The molecule has 0 spiro atoms. The van der Waals surface area contributed by atoms with E-state index in [1.807, 2.05) is 45.0 Å². The summed E-state index contributed by atoms with van der Waals surface area (Å²) >= 11 is 3.54. The van der Waals surface area contributed by atoms with Crippen LogP contribution in [0.2, 0.25) is 0 Å². The van der Waals surface area contributed by atoms with E-state index < -0.39 is 11.1 Å². The lowest BCUT2D eigenvalue weighted by atomic mass is 9.84. The van der Waals surface area contributed by atoms with Gasteiger partial charge < -0.3 is 19.3 Å². The molecular weight excluding hydrogens is 451 g/mol. The van der Waals surface area contributed by atoms with E-state index in [2.05, 4.69) is 20.8 Å². The Hall–Kier alpha value is -2.28. The van der Waals surface area contributed by atoms with Gasteiger partial charge in [-0.1, -0.05) is 28.1 Å². The first kappa shape index (κ1) is 21.0. The molecule has 1 fully saturated rings. The van der Waals surface area contributed by atoms with Crippen molar-refractivity contribution in [2.45, 2.75) is 38.3 Å². The van der Waals surface area contributed by atoms with Gasteiger partial charge in [-0.3, -0.25) is 0 Å². The Morgan fingerprint density at radius 2 is 1.97 bits per heavy atom. The maximum absolute atomic E-state index is 14.3. The quantitative estimate of drug-likeness (QED) is 0.604. The van der Waals surface area contributed by atoms with Gasteiger partial charge >= 0.3 is 6.09 Å². The summed E-state index contributed by atoms with van der Waals surface area (Å²) in [6.45, 7) is 7.13. The number of piperazine rings is 1. The molecule has 1 amide bonds. The summed E-state index contributed by atoms with van der Waals surface area (Å²) in [6, 6.07) is 11.0. The molecule has 7 heteroatoms. The van der Waals surface area contributed by atoms with Crippen LogP contribution >= 0.6 is 15.9 Å². The molecule has 2 aliphatic heterocycles. The van der Waals surface area contributed by atoms with Gasteiger partial charge in [-0.25, -0.2) is 9.18 Å². The van der Waals surface area contributed by atoms with Crippen molar-refractivity contribution in [3.8, 4) is 5.75 Å². The third-order valence-electron chi connectivity index (χ3n) is 5.72. The predicted octanol–water partition coefficient (Wildman–Crippen LogP) is 5.11. The van der Waals surface area contributed by atoms with E-state index in [1.165, 1.54) is 6.07 Å². The van der Waals surface area contributed by atoms with Crippen LogP contribution in [0.1, 0.15) is 31.9 Å². The molecule has 0 bridgehead atoms. The largest absolute Gasteiger partial charge is 0.497 e. The molecule has 2 aliphatic rings. The lowest BCUT2D eigenvalue weighted by Gasteiger charge is -2.48. The number of nitrogens with zero attached hydrogens (tertiary/aromatic N) is 2. The number of ether oxygens (including phenoxy) is 2. The van der Waals surface area contributed by atoms with Crippen LogP contribution in [-0.4, -0.2) is 43.3 Å². The van der Waals surface area contributed by atoms with Crippen LogP contribution in [0.25, 0.3) is 0 Å². The van der Waals surface area contributed by atoms with Crippen molar-refractivity contribution >= 4 is 27.7 Å². The molecule has 0 N–H and O–H groups in total. The van der Waals surface area contributed by atoms with Gasteiger partial charge in [-0.05, 0) is 56.2 Å². The molecule has 2 heterocycles. The number of carbonyl (C=O) groups excluding carboxylic acids is 1. The SMILES string of the molecule is COc1cccc(C23Cc4c(Br)cc(F)cc4N2CCN(C(=O)OC(C)(C)C)C3)c1. The van der Waals surface area contributed by atoms with Crippen molar-refractivity contribution in [2.75, 3.05) is 31.6 Å². The second-order valence-corrected chi connectivity index (χ2v) is 9.73. The van der Waals surface area contributed by atoms with E-state index >= 15 is 0 Å². The van der Waals surface area contributed by atoms with Crippen LogP contribution < -0.4 is 9.64 Å². The minimum atomic E-state index is -0.567. The van der Waals surface area contributed by atoms with Gasteiger partial charge in [0.05, 0.1) is 19.2 Å². The Morgan fingerprint density at radius 1 is 1.20 bits per heavy atom. The Balaban J connectivity index is 1.79. The van der Waals surface area contributed by atoms with E-state index in [0.29, 0.717) is 26.1 Å². The van der Waals surface area contributed by atoms with Gasteiger partial charge in [0, 0.05) is 29.7 Å². The van der Waals surface area contributed by atoms with Crippen molar-refractivity contribution in [2.24, 2.45) is 0 Å². The van der Waals surface area contributed by atoms with Crippen molar-refractivity contribution in [3.05, 3.63) is 57.8 Å². The predicted molar refractivity (Wildman–Crippen MR) is 118 cm³/mol. The molecule has 2 aromatic rings. The molecule has 4 rings (SSSR count). The monoisotopic (exact) mass is 476 g/mol. The molecule has 160 valence electrons. The summed E-state index contributed by atoms with van der Waals surface area (Å²) in [4.78, 5) is 16.9. The third kappa shape index (κ3) is 3.64.